The number of ether oxygens (including phenoxy) is 1. The average molecular weight is 399 g/mol. The van der Waals surface area contributed by atoms with Crippen molar-refractivity contribution >= 4 is 44.5 Å². The van der Waals surface area contributed by atoms with Crippen molar-refractivity contribution in [2.45, 2.75) is 13.0 Å². The van der Waals surface area contributed by atoms with Crippen LogP contribution in [0.1, 0.15) is 12.1 Å². The molecule has 0 bridgehead atoms. The number of hydrogen-bond acceptors (Lipinski definition) is 9. The van der Waals surface area contributed by atoms with Crippen LogP contribution in [0.25, 0.3) is 10.3 Å². The number of pyridine rings is 1. The summed E-state index contributed by atoms with van der Waals surface area (Å²) in [4.78, 5) is 29.7. The minimum atomic E-state index is -0.185. The van der Waals surface area contributed by atoms with E-state index in [0.717, 1.165) is 22.5 Å². The highest BCUT2D eigenvalue weighted by Gasteiger charge is 2.09. The number of nitrogens with zero attached hydrogens (tertiary/aromatic N) is 4. The van der Waals surface area contributed by atoms with Crippen molar-refractivity contribution in [3.05, 3.63) is 42.7 Å². The number of thiazole rings is 1. The van der Waals surface area contributed by atoms with Crippen LogP contribution in [-0.2, 0) is 16.1 Å². The van der Waals surface area contributed by atoms with Gasteiger partial charge < -0.3 is 20.7 Å². The molecule has 0 spiro atoms. The molecule has 0 atom stereocenters. The van der Waals surface area contributed by atoms with E-state index >= 15 is 0 Å². The molecule has 1 amide bonds. The van der Waals surface area contributed by atoms with Gasteiger partial charge in [0.15, 0.2) is 5.13 Å². The van der Waals surface area contributed by atoms with Gasteiger partial charge in [-0.2, -0.15) is 4.98 Å². The lowest BCUT2D eigenvalue weighted by Crippen LogP contribution is -2.23. The van der Waals surface area contributed by atoms with E-state index in [1.165, 1.54) is 17.4 Å². The quantitative estimate of drug-likeness (QED) is 0.352. The maximum Gasteiger partial charge on any atom is 0.243 e. The van der Waals surface area contributed by atoms with Gasteiger partial charge in [-0.25, -0.2) is 15.0 Å². The summed E-state index contributed by atoms with van der Waals surface area (Å²) in [5.41, 5.74) is 1.57. The Morgan fingerprint density at radius 2 is 2.21 bits per heavy atom. The number of fused-ring (bicyclic) bond motifs is 1. The number of amides is 1. The van der Waals surface area contributed by atoms with Gasteiger partial charge in [-0.3, -0.25) is 4.79 Å². The Balaban J connectivity index is 1.66. The van der Waals surface area contributed by atoms with Crippen LogP contribution in [0.4, 0.5) is 16.9 Å². The zero-order chi connectivity index (χ0) is 19.8. The van der Waals surface area contributed by atoms with E-state index in [0.29, 0.717) is 36.6 Å². The molecule has 0 unspecified atom stereocenters. The number of rotatable bonds is 10. The summed E-state index contributed by atoms with van der Waals surface area (Å²) in [6, 6.07) is 5.59. The van der Waals surface area contributed by atoms with E-state index in [9.17, 15) is 4.79 Å². The summed E-state index contributed by atoms with van der Waals surface area (Å²) in [6.45, 7) is 4.93. The largest absolute Gasteiger partial charge is 0.378 e. The van der Waals surface area contributed by atoms with Gasteiger partial charge in [0.05, 0.1) is 12.3 Å². The summed E-state index contributed by atoms with van der Waals surface area (Å²) in [7, 11) is 1.61. The fourth-order valence-electron chi connectivity index (χ4n) is 2.37. The van der Waals surface area contributed by atoms with Crippen LogP contribution >= 0.6 is 11.3 Å². The molecule has 0 radical (unpaired) electrons. The van der Waals surface area contributed by atoms with Gasteiger partial charge in [0, 0.05) is 32.5 Å². The van der Waals surface area contributed by atoms with Crippen LogP contribution in [0.2, 0.25) is 0 Å². The zero-order valence-electron chi connectivity index (χ0n) is 15.4. The van der Waals surface area contributed by atoms with Crippen molar-refractivity contribution in [1.82, 2.24) is 25.3 Å². The minimum Gasteiger partial charge on any atom is -0.378 e. The zero-order valence-corrected chi connectivity index (χ0v) is 16.3. The third-order valence-electron chi connectivity index (χ3n) is 3.59. The third kappa shape index (κ3) is 5.44. The number of hydrogen-bond donors (Lipinski definition) is 3. The number of anilines is 3. The van der Waals surface area contributed by atoms with Crippen molar-refractivity contribution in [1.29, 1.82) is 0 Å². The lowest BCUT2D eigenvalue weighted by Gasteiger charge is -2.10. The van der Waals surface area contributed by atoms with Gasteiger partial charge in [-0.05, 0) is 24.6 Å². The molecule has 0 aromatic carbocycles. The maximum absolute atomic E-state index is 11.1. The van der Waals surface area contributed by atoms with E-state index in [2.05, 4.69) is 42.5 Å². The normalized spacial score (nSPS) is 10.6. The molecule has 3 heterocycles. The highest BCUT2D eigenvalue weighted by atomic mass is 32.1. The van der Waals surface area contributed by atoms with Gasteiger partial charge in [0.1, 0.15) is 16.2 Å². The van der Waals surface area contributed by atoms with Gasteiger partial charge >= 0.3 is 0 Å². The molecule has 3 aromatic heterocycles. The molecule has 10 heteroatoms. The first-order valence-electron chi connectivity index (χ1n) is 8.67. The smallest absolute Gasteiger partial charge is 0.243 e. The van der Waals surface area contributed by atoms with E-state index < -0.39 is 0 Å². The number of aromatic nitrogens is 4. The number of carbonyl (C=O) groups excluding carboxylic acids is 1. The average Bonchev–Trinajstić information content (AvgIpc) is 3.09. The topological polar surface area (TPSA) is 114 Å². The van der Waals surface area contributed by atoms with Gasteiger partial charge in [-0.15, -0.1) is 0 Å². The number of methoxy groups -OCH3 is 1. The molecule has 3 rings (SSSR count). The second kappa shape index (κ2) is 9.72. The Bertz CT molecular complexity index is 927. The Labute approximate surface area is 166 Å². The highest BCUT2D eigenvalue weighted by Crippen LogP contribution is 2.26. The predicted molar refractivity (Wildman–Crippen MR) is 110 cm³/mol. The highest BCUT2D eigenvalue weighted by molar-refractivity contribution is 7.21. The summed E-state index contributed by atoms with van der Waals surface area (Å²) >= 11 is 1.45. The first-order valence-corrected chi connectivity index (χ1v) is 9.49. The molecule has 0 aliphatic heterocycles. The molecule has 3 aromatic rings. The first-order chi connectivity index (χ1) is 13.7. The van der Waals surface area contributed by atoms with Crippen LogP contribution < -0.4 is 16.0 Å². The van der Waals surface area contributed by atoms with Crippen molar-refractivity contribution < 1.29 is 9.53 Å². The van der Waals surface area contributed by atoms with Crippen molar-refractivity contribution in [3.63, 3.8) is 0 Å². The maximum atomic E-state index is 11.1. The van der Waals surface area contributed by atoms with E-state index in [-0.39, 0.29) is 5.91 Å². The summed E-state index contributed by atoms with van der Waals surface area (Å²) in [5.74, 6) is 0.907. The Hall–Kier alpha value is -3.11. The molecule has 0 aliphatic carbocycles. The fourth-order valence-corrected chi connectivity index (χ4v) is 3.18. The SMILES string of the molecule is C=CC(=O)NCCCNc1nc(COC)cc(Nc2nc3cccnc3s2)n1. The summed E-state index contributed by atoms with van der Waals surface area (Å²) in [5, 5.41) is 9.80. The molecule has 146 valence electrons. The van der Waals surface area contributed by atoms with Crippen molar-refractivity contribution in [2.75, 3.05) is 30.8 Å². The van der Waals surface area contributed by atoms with Gasteiger partial charge in [-0.1, -0.05) is 17.9 Å². The predicted octanol–water partition coefficient (Wildman–Crippen LogP) is 2.48. The Morgan fingerprint density at radius 1 is 1.32 bits per heavy atom. The molecular weight excluding hydrogens is 378 g/mol. The Morgan fingerprint density at radius 3 is 3.00 bits per heavy atom. The number of nitrogens with one attached hydrogen (secondary N) is 3. The van der Waals surface area contributed by atoms with E-state index in [4.69, 9.17) is 4.74 Å². The fraction of sp³-hybridized carbons (Fsp3) is 0.278. The lowest BCUT2D eigenvalue weighted by atomic mass is 10.4. The molecule has 0 saturated carbocycles. The van der Waals surface area contributed by atoms with Crippen LogP contribution in [0.3, 0.4) is 0 Å². The van der Waals surface area contributed by atoms with Crippen LogP contribution in [0.15, 0.2) is 37.1 Å². The molecule has 28 heavy (non-hydrogen) atoms. The second-order valence-electron chi connectivity index (χ2n) is 5.75. The lowest BCUT2D eigenvalue weighted by molar-refractivity contribution is -0.116. The Kier molecular flexibility index (Phi) is 6.82. The van der Waals surface area contributed by atoms with Crippen molar-refractivity contribution in [3.8, 4) is 0 Å². The standard InChI is InChI=1S/C18H21N7O2S/c1-3-15(26)19-8-5-9-21-17-22-12(11-27-2)10-14(24-17)25-18-23-13-6-4-7-20-16(13)28-18/h3-4,6-7,10H,1,5,8-9,11H2,2H3,(H,19,26)(H2,21,22,23,24,25). The minimum absolute atomic E-state index is 0.185. The number of carbonyl (C=O) groups is 1. The molecule has 0 fully saturated rings. The first kappa shape index (κ1) is 19.6. The van der Waals surface area contributed by atoms with E-state index in [1.807, 2.05) is 18.2 Å². The molecule has 9 nitrogen and oxygen atoms in total. The van der Waals surface area contributed by atoms with Gasteiger partial charge in [0.2, 0.25) is 11.9 Å². The van der Waals surface area contributed by atoms with Crippen molar-refractivity contribution in [2.24, 2.45) is 0 Å². The molecule has 3 N–H and O–H groups in total. The van der Waals surface area contributed by atoms with Gasteiger partial charge in [0.25, 0.3) is 0 Å². The third-order valence-corrected chi connectivity index (χ3v) is 4.49. The van der Waals surface area contributed by atoms with Crippen LogP contribution in [-0.4, -0.2) is 46.0 Å². The molecule has 0 aliphatic rings. The summed E-state index contributed by atoms with van der Waals surface area (Å²) in [6.07, 6.45) is 3.72. The monoisotopic (exact) mass is 399 g/mol. The van der Waals surface area contributed by atoms with E-state index in [1.54, 1.807) is 13.3 Å². The molecule has 0 saturated heterocycles. The molecular formula is C18H21N7O2S. The van der Waals surface area contributed by atoms with Crippen LogP contribution in [0, 0.1) is 0 Å². The summed E-state index contributed by atoms with van der Waals surface area (Å²) < 4.78 is 5.19. The second-order valence-corrected chi connectivity index (χ2v) is 6.73. The van der Waals surface area contributed by atoms with Crippen LogP contribution in [0.5, 0.6) is 0 Å².